The standard InChI is InChI=1S/C19H20N4O/c1-15-3-2-4-17(13-15)21-19(24)23-11-9-22(10-12-23)18-7-5-16(14-20)6-8-18/h2-8,13H,9-12H2,1H3,(H,21,24). The molecule has 0 bridgehead atoms. The molecule has 0 spiro atoms. The predicted octanol–water partition coefficient (Wildman–Crippen LogP) is 3.22. The number of hydrogen-bond acceptors (Lipinski definition) is 3. The van der Waals surface area contributed by atoms with E-state index < -0.39 is 0 Å². The van der Waals surface area contributed by atoms with Gasteiger partial charge in [-0.2, -0.15) is 5.26 Å². The van der Waals surface area contributed by atoms with Crippen LogP contribution in [0.3, 0.4) is 0 Å². The first-order valence-electron chi connectivity index (χ1n) is 8.03. The number of carbonyl (C=O) groups excluding carboxylic acids is 1. The van der Waals surface area contributed by atoms with Gasteiger partial charge in [-0.1, -0.05) is 12.1 Å². The molecule has 1 aliphatic rings. The highest BCUT2D eigenvalue weighted by Crippen LogP contribution is 2.18. The van der Waals surface area contributed by atoms with E-state index >= 15 is 0 Å². The van der Waals surface area contributed by atoms with E-state index in [4.69, 9.17) is 5.26 Å². The fraction of sp³-hybridized carbons (Fsp3) is 0.263. The van der Waals surface area contributed by atoms with Gasteiger partial charge in [-0.3, -0.25) is 0 Å². The summed E-state index contributed by atoms with van der Waals surface area (Å²) in [4.78, 5) is 16.4. The number of rotatable bonds is 2. The van der Waals surface area contributed by atoms with Gasteiger partial charge in [0.1, 0.15) is 0 Å². The van der Waals surface area contributed by atoms with Crippen molar-refractivity contribution in [2.45, 2.75) is 6.92 Å². The third-order valence-electron chi connectivity index (χ3n) is 4.20. The van der Waals surface area contributed by atoms with Crippen molar-refractivity contribution >= 4 is 17.4 Å². The molecule has 1 heterocycles. The number of hydrogen-bond donors (Lipinski definition) is 1. The summed E-state index contributed by atoms with van der Waals surface area (Å²) in [7, 11) is 0. The van der Waals surface area contributed by atoms with Crippen LogP contribution in [0.15, 0.2) is 48.5 Å². The molecule has 5 heteroatoms. The van der Waals surface area contributed by atoms with Crippen molar-refractivity contribution < 1.29 is 4.79 Å². The SMILES string of the molecule is Cc1cccc(NC(=O)N2CCN(c3ccc(C#N)cc3)CC2)c1. The van der Waals surface area contributed by atoms with Crippen molar-refractivity contribution in [2.75, 3.05) is 36.4 Å². The number of aryl methyl sites for hydroxylation is 1. The Labute approximate surface area is 142 Å². The topological polar surface area (TPSA) is 59.4 Å². The Morgan fingerprint density at radius 2 is 1.79 bits per heavy atom. The van der Waals surface area contributed by atoms with Crippen LogP contribution in [0, 0.1) is 18.3 Å². The van der Waals surface area contributed by atoms with Gasteiger partial charge in [0, 0.05) is 37.6 Å². The Morgan fingerprint density at radius 3 is 2.42 bits per heavy atom. The number of urea groups is 1. The lowest BCUT2D eigenvalue weighted by molar-refractivity contribution is 0.208. The van der Waals surface area contributed by atoms with Gasteiger partial charge < -0.3 is 15.1 Å². The quantitative estimate of drug-likeness (QED) is 0.924. The molecule has 0 unspecified atom stereocenters. The zero-order valence-corrected chi connectivity index (χ0v) is 13.7. The number of benzene rings is 2. The van der Waals surface area contributed by atoms with Crippen molar-refractivity contribution in [1.29, 1.82) is 5.26 Å². The molecule has 2 aromatic carbocycles. The third-order valence-corrected chi connectivity index (χ3v) is 4.20. The number of amides is 2. The second kappa shape index (κ2) is 7.05. The highest BCUT2D eigenvalue weighted by atomic mass is 16.2. The van der Waals surface area contributed by atoms with Crippen molar-refractivity contribution in [2.24, 2.45) is 0 Å². The van der Waals surface area contributed by atoms with E-state index in [1.54, 1.807) is 0 Å². The van der Waals surface area contributed by atoms with Crippen LogP contribution in [0.25, 0.3) is 0 Å². The Kier molecular flexibility index (Phi) is 4.66. The smallest absolute Gasteiger partial charge is 0.321 e. The Bertz CT molecular complexity index is 756. The van der Waals surface area contributed by atoms with Crippen LogP contribution in [0.4, 0.5) is 16.2 Å². The Balaban J connectivity index is 1.56. The van der Waals surface area contributed by atoms with Crippen LogP contribution in [-0.2, 0) is 0 Å². The fourth-order valence-corrected chi connectivity index (χ4v) is 2.84. The number of anilines is 2. The minimum Gasteiger partial charge on any atom is -0.368 e. The first kappa shape index (κ1) is 15.9. The molecular weight excluding hydrogens is 300 g/mol. The van der Waals surface area contributed by atoms with Crippen molar-refractivity contribution in [3.63, 3.8) is 0 Å². The number of nitrogens with one attached hydrogen (secondary N) is 1. The van der Waals surface area contributed by atoms with E-state index in [0.717, 1.165) is 30.0 Å². The van der Waals surface area contributed by atoms with Crippen molar-refractivity contribution in [3.8, 4) is 6.07 Å². The Morgan fingerprint density at radius 1 is 1.08 bits per heavy atom. The molecule has 0 radical (unpaired) electrons. The normalized spacial score (nSPS) is 14.2. The lowest BCUT2D eigenvalue weighted by atomic mass is 10.2. The lowest BCUT2D eigenvalue weighted by Gasteiger charge is -2.36. The summed E-state index contributed by atoms with van der Waals surface area (Å²) in [5.74, 6) is 0. The molecule has 2 aromatic rings. The van der Waals surface area contributed by atoms with Crippen LogP contribution < -0.4 is 10.2 Å². The van der Waals surface area contributed by atoms with E-state index in [9.17, 15) is 4.79 Å². The molecule has 1 saturated heterocycles. The van der Waals surface area contributed by atoms with Crippen LogP contribution in [0.2, 0.25) is 0 Å². The molecule has 0 aliphatic carbocycles. The molecule has 2 amide bonds. The van der Waals surface area contributed by atoms with Crippen molar-refractivity contribution in [3.05, 3.63) is 59.7 Å². The van der Waals surface area contributed by atoms with E-state index in [0.29, 0.717) is 18.7 Å². The largest absolute Gasteiger partial charge is 0.368 e. The maximum absolute atomic E-state index is 12.4. The number of nitrogens with zero attached hydrogens (tertiary/aromatic N) is 3. The average molecular weight is 320 g/mol. The van der Waals surface area contributed by atoms with E-state index in [2.05, 4.69) is 16.3 Å². The summed E-state index contributed by atoms with van der Waals surface area (Å²) in [5, 5.41) is 11.8. The molecule has 24 heavy (non-hydrogen) atoms. The maximum atomic E-state index is 12.4. The molecule has 0 aromatic heterocycles. The number of piperazine rings is 1. The maximum Gasteiger partial charge on any atom is 0.321 e. The lowest BCUT2D eigenvalue weighted by Crippen LogP contribution is -2.50. The molecule has 1 aliphatic heterocycles. The second-order valence-electron chi connectivity index (χ2n) is 5.93. The molecule has 0 atom stereocenters. The highest BCUT2D eigenvalue weighted by molar-refractivity contribution is 5.89. The summed E-state index contributed by atoms with van der Waals surface area (Å²) in [5.41, 5.74) is 3.70. The second-order valence-corrected chi connectivity index (χ2v) is 5.93. The Hall–Kier alpha value is -3.00. The molecule has 5 nitrogen and oxygen atoms in total. The molecule has 1 N–H and O–H groups in total. The minimum atomic E-state index is -0.0555. The minimum absolute atomic E-state index is 0.0555. The fourth-order valence-electron chi connectivity index (χ4n) is 2.84. The van der Waals surface area contributed by atoms with E-state index in [1.807, 2.05) is 60.4 Å². The predicted molar refractivity (Wildman–Crippen MR) is 95.1 cm³/mol. The van der Waals surface area contributed by atoms with Crippen molar-refractivity contribution in [1.82, 2.24) is 4.90 Å². The van der Waals surface area contributed by atoms with Gasteiger partial charge in [-0.05, 0) is 48.9 Å². The third kappa shape index (κ3) is 3.66. The van der Waals surface area contributed by atoms with Crippen LogP contribution in [0.1, 0.15) is 11.1 Å². The van der Waals surface area contributed by atoms with Gasteiger partial charge in [0.05, 0.1) is 11.6 Å². The number of nitriles is 1. The molecule has 1 fully saturated rings. The van der Waals surface area contributed by atoms with Gasteiger partial charge in [0.15, 0.2) is 0 Å². The molecule has 3 rings (SSSR count). The van der Waals surface area contributed by atoms with Gasteiger partial charge in [0.2, 0.25) is 0 Å². The highest BCUT2D eigenvalue weighted by Gasteiger charge is 2.21. The zero-order valence-electron chi connectivity index (χ0n) is 13.7. The van der Waals surface area contributed by atoms with E-state index in [-0.39, 0.29) is 6.03 Å². The van der Waals surface area contributed by atoms with Gasteiger partial charge in [-0.25, -0.2) is 4.79 Å². The van der Waals surface area contributed by atoms with Gasteiger partial charge in [0.25, 0.3) is 0 Å². The number of carbonyl (C=O) groups is 1. The van der Waals surface area contributed by atoms with Gasteiger partial charge >= 0.3 is 6.03 Å². The van der Waals surface area contributed by atoms with E-state index in [1.165, 1.54) is 0 Å². The first-order chi connectivity index (χ1) is 11.7. The summed E-state index contributed by atoms with van der Waals surface area (Å²) in [6.45, 7) is 4.93. The van der Waals surface area contributed by atoms with Crippen LogP contribution in [-0.4, -0.2) is 37.1 Å². The van der Waals surface area contributed by atoms with Crippen LogP contribution in [0.5, 0.6) is 0 Å². The molecule has 0 saturated carbocycles. The summed E-state index contributed by atoms with van der Waals surface area (Å²) < 4.78 is 0. The zero-order chi connectivity index (χ0) is 16.9. The summed E-state index contributed by atoms with van der Waals surface area (Å²) >= 11 is 0. The van der Waals surface area contributed by atoms with Crippen LogP contribution >= 0.6 is 0 Å². The summed E-state index contributed by atoms with van der Waals surface area (Å²) in [6.07, 6.45) is 0. The van der Waals surface area contributed by atoms with Gasteiger partial charge in [-0.15, -0.1) is 0 Å². The summed E-state index contributed by atoms with van der Waals surface area (Å²) in [6, 6.07) is 17.4. The molecule has 122 valence electrons. The molecular formula is C19H20N4O. The first-order valence-corrected chi connectivity index (χ1v) is 8.03. The average Bonchev–Trinajstić information content (AvgIpc) is 2.62. The monoisotopic (exact) mass is 320 g/mol.